The maximum atomic E-state index is 12.3. The molecule has 1 saturated carbocycles. The number of carbonyl (C=O) groups is 1. The summed E-state index contributed by atoms with van der Waals surface area (Å²) in [4.78, 5) is 12.3. The molecule has 3 nitrogen and oxygen atoms in total. The minimum absolute atomic E-state index is 0.0754. The molecular weight excluding hydrogens is 268 g/mol. The third-order valence-corrected chi connectivity index (χ3v) is 5.39. The first kappa shape index (κ1) is 13.3. The van der Waals surface area contributed by atoms with Crippen LogP contribution < -0.4 is 11.1 Å². The van der Waals surface area contributed by atoms with Gasteiger partial charge >= 0.3 is 0 Å². The van der Waals surface area contributed by atoms with Crippen LogP contribution in [0.3, 0.4) is 0 Å². The van der Waals surface area contributed by atoms with Crippen LogP contribution in [0.2, 0.25) is 0 Å². The van der Waals surface area contributed by atoms with Crippen molar-refractivity contribution < 1.29 is 4.79 Å². The smallest absolute Gasteiger partial charge is 0.253 e. The van der Waals surface area contributed by atoms with Crippen LogP contribution in [0.5, 0.6) is 0 Å². The lowest BCUT2D eigenvalue weighted by molar-refractivity contribution is 0.0954. The van der Waals surface area contributed by atoms with Gasteiger partial charge < -0.3 is 11.1 Å². The number of nitrogens with two attached hydrogens (primary N) is 1. The van der Waals surface area contributed by atoms with Gasteiger partial charge in [0.05, 0.1) is 5.56 Å². The van der Waals surface area contributed by atoms with Gasteiger partial charge in [0.25, 0.3) is 5.91 Å². The molecule has 1 fully saturated rings. The second-order valence-corrected chi connectivity index (χ2v) is 6.63. The molecule has 1 aliphatic carbocycles. The zero-order valence-corrected chi connectivity index (χ0v) is 12.3. The highest BCUT2D eigenvalue weighted by Gasteiger charge is 2.42. The highest BCUT2D eigenvalue weighted by Crippen LogP contribution is 2.46. The number of anilines is 1. The van der Waals surface area contributed by atoms with Crippen LogP contribution in [0, 0.1) is 0 Å². The van der Waals surface area contributed by atoms with Crippen LogP contribution in [0.4, 0.5) is 5.69 Å². The third kappa shape index (κ3) is 2.48. The van der Waals surface area contributed by atoms with Crippen molar-refractivity contribution in [3.05, 3.63) is 42.0 Å². The van der Waals surface area contributed by atoms with Gasteiger partial charge in [0.1, 0.15) is 0 Å². The number of hydrogen-bond donors (Lipinski definition) is 2. The second kappa shape index (κ2) is 5.02. The fourth-order valence-corrected chi connectivity index (χ4v) is 3.11. The van der Waals surface area contributed by atoms with Gasteiger partial charge in [-0.2, -0.15) is 11.8 Å². The van der Waals surface area contributed by atoms with Crippen molar-refractivity contribution in [2.24, 2.45) is 0 Å². The quantitative estimate of drug-likeness (QED) is 0.849. The fraction of sp³-hybridized carbons (Fsp3) is 0.312. The average molecular weight is 286 g/mol. The minimum atomic E-state index is -0.0754. The summed E-state index contributed by atoms with van der Waals surface area (Å²) >= 11 is 1.84. The SMILES string of the molecule is CSC1(CNC(=O)c2cc3ccccc3cc2N)CC1. The van der Waals surface area contributed by atoms with E-state index in [9.17, 15) is 4.79 Å². The van der Waals surface area contributed by atoms with Gasteiger partial charge in [0, 0.05) is 17.0 Å². The zero-order valence-electron chi connectivity index (χ0n) is 11.5. The number of nitrogen functional groups attached to an aromatic ring is 1. The second-order valence-electron chi connectivity index (χ2n) is 5.36. The van der Waals surface area contributed by atoms with E-state index in [4.69, 9.17) is 5.73 Å². The molecule has 0 atom stereocenters. The largest absolute Gasteiger partial charge is 0.398 e. The molecule has 20 heavy (non-hydrogen) atoms. The van der Waals surface area contributed by atoms with E-state index < -0.39 is 0 Å². The van der Waals surface area contributed by atoms with E-state index in [1.807, 2.05) is 48.2 Å². The standard InChI is InChI=1S/C16H18N2OS/c1-20-16(6-7-16)10-18-15(19)13-8-11-4-2-3-5-12(11)9-14(13)17/h2-5,8-9H,6-7,10,17H2,1H3,(H,18,19). The fourth-order valence-electron chi connectivity index (χ4n) is 2.38. The van der Waals surface area contributed by atoms with Gasteiger partial charge in [-0.25, -0.2) is 0 Å². The molecule has 0 saturated heterocycles. The van der Waals surface area contributed by atoms with E-state index in [0.717, 1.165) is 17.3 Å². The van der Waals surface area contributed by atoms with Gasteiger partial charge in [-0.1, -0.05) is 24.3 Å². The Morgan fingerprint density at radius 1 is 1.30 bits per heavy atom. The average Bonchev–Trinajstić information content (AvgIpc) is 3.25. The van der Waals surface area contributed by atoms with E-state index in [1.54, 1.807) is 0 Å². The van der Waals surface area contributed by atoms with Gasteiger partial charge in [0.15, 0.2) is 0 Å². The van der Waals surface area contributed by atoms with Crippen LogP contribution in [-0.4, -0.2) is 23.5 Å². The molecule has 1 amide bonds. The highest BCUT2D eigenvalue weighted by atomic mass is 32.2. The van der Waals surface area contributed by atoms with Crippen LogP contribution in [0.1, 0.15) is 23.2 Å². The first-order valence-corrected chi connectivity index (χ1v) is 7.98. The predicted octanol–water partition coefficient (Wildman–Crippen LogP) is 3.05. The van der Waals surface area contributed by atoms with Crippen LogP contribution >= 0.6 is 11.8 Å². The molecule has 4 heteroatoms. The summed E-state index contributed by atoms with van der Waals surface area (Å²) in [5, 5.41) is 5.12. The molecule has 0 spiro atoms. The van der Waals surface area contributed by atoms with Crippen molar-refractivity contribution in [2.45, 2.75) is 17.6 Å². The summed E-state index contributed by atoms with van der Waals surface area (Å²) in [5.41, 5.74) is 7.12. The number of rotatable bonds is 4. The molecule has 0 radical (unpaired) electrons. The number of hydrogen-bond acceptors (Lipinski definition) is 3. The maximum Gasteiger partial charge on any atom is 0.253 e. The highest BCUT2D eigenvalue weighted by molar-refractivity contribution is 8.00. The Hall–Kier alpha value is -1.68. The molecule has 0 unspecified atom stereocenters. The molecule has 104 valence electrons. The van der Waals surface area contributed by atoms with Crippen molar-refractivity contribution in [2.75, 3.05) is 18.5 Å². The lowest BCUT2D eigenvalue weighted by atomic mass is 10.0. The van der Waals surface area contributed by atoms with E-state index >= 15 is 0 Å². The Bertz CT molecular complexity index is 665. The molecule has 0 aliphatic heterocycles. The summed E-state index contributed by atoms with van der Waals surface area (Å²) in [6, 6.07) is 11.7. The van der Waals surface area contributed by atoms with Crippen LogP contribution in [0.25, 0.3) is 10.8 Å². The molecular formula is C16H18N2OS. The Balaban J connectivity index is 1.82. The number of carbonyl (C=O) groups excluding carboxylic acids is 1. The Morgan fingerprint density at radius 2 is 1.95 bits per heavy atom. The van der Waals surface area contributed by atoms with Crippen LogP contribution in [0.15, 0.2) is 36.4 Å². The molecule has 0 heterocycles. The van der Waals surface area contributed by atoms with E-state index in [1.165, 1.54) is 12.8 Å². The van der Waals surface area contributed by atoms with Gasteiger partial charge in [-0.3, -0.25) is 4.79 Å². The Morgan fingerprint density at radius 3 is 2.55 bits per heavy atom. The predicted molar refractivity (Wildman–Crippen MR) is 86.2 cm³/mol. The number of nitrogens with one attached hydrogen (secondary N) is 1. The first-order valence-electron chi connectivity index (χ1n) is 6.75. The Labute approximate surface area is 122 Å². The van der Waals surface area contributed by atoms with Crippen LogP contribution in [-0.2, 0) is 0 Å². The summed E-state index contributed by atoms with van der Waals surface area (Å²) in [7, 11) is 0. The summed E-state index contributed by atoms with van der Waals surface area (Å²) in [6.45, 7) is 0.721. The van der Waals surface area contributed by atoms with E-state index in [-0.39, 0.29) is 10.7 Å². The maximum absolute atomic E-state index is 12.3. The van der Waals surface area contributed by atoms with E-state index in [2.05, 4.69) is 11.6 Å². The van der Waals surface area contributed by atoms with Gasteiger partial charge in [0.2, 0.25) is 0 Å². The number of fused-ring (bicyclic) bond motifs is 1. The summed E-state index contributed by atoms with van der Waals surface area (Å²) in [6.07, 6.45) is 4.47. The number of thioether (sulfide) groups is 1. The summed E-state index contributed by atoms with van der Waals surface area (Å²) in [5.74, 6) is -0.0754. The van der Waals surface area contributed by atoms with Crippen molar-refractivity contribution in [3.8, 4) is 0 Å². The monoisotopic (exact) mass is 286 g/mol. The van der Waals surface area contributed by atoms with Crippen molar-refractivity contribution in [3.63, 3.8) is 0 Å². The molecule has 2 aromatic rings. The zero-order chi connectivity index (χ0) is 14.2. The lowest BCUT2D eigenvalue weighted by Gasteiger charge is -2.14. The first-order chi connectivity index (χ1) is 9.63. The van der Waals surface area contributed by atoms with Gasteiger partial charge in [-0.15, -0.1) is 0 Å². The van der Waals surface area contributed by atoms with E-state index in [0.29, 0.717) is 11.3 Å². The molecule has 3 rings (SSSR count). The molecule has 0 aromatic heterocycles. The van der Waals surface area contributed by atoms with Crippen molar-refractivity contribution in [1.82, 2.24) is 5.32 Å². The normalized spacial score (nSPS) is 16.1. The van der Waals surface area contributed by atoms with Gasteiger partial charge in [-0.05, 0) is 42.0 Å². The molecule has 0 bridgehead atoms. The number of amides is 1. The molecule has 3 N–H and O–H groups in total. The minimum Gasteiger partial charge on any atom is -0.398 e. The molecule has 2 aromatic carbocycles. The van der Waals surface area contributed by atoms with Crippen molar-refractivity contribution in [1.29, 1.82) is 0 Å². The van der Waals surface area contributed by atoms with Crippen molar-refractivity contribution >= 4 is 34.1 Å². The Kier molecular flexibility index (Phi) is 3.34. The molecule has 1 aliphatic rings. The topological polar surface area (TPSA) is 55.1 Å². The summed E-state index contributed by atoms with van der Waals surface area (Å²) < 4.78 is 0.265. The number of benzene rings is 2. The lowest BCUT2D eigenvalue weighted by Crippen LogP contribution is -2.32. The third-order valence-electron chi connectivity index (χ3n) is 3.97.